The number of rotatable bonds is 2. The maximum absolute atomic E-state index is 12.4. The second kappa shape index (κ2) is 5.02. The highest BCUT2D eigenvalue weighted by Crippen LogP contribution is 2.25. The maximum atomic E-state index is 12.4. The lowest BCUT2D eigenvalue weighted by Gasteiger charge is -2.13. The molecule has 24 heavy (non-hydrogen) atoms. The highest BCUT2D eigenvalue weighted by Gasteiger charge is 2.39. The van der Waals surface area contributed by atoms with E-state index in [1.54, 1.807) is 24.3 Å². The van der Waals surface area contributed by atoms with Crippen LogP contribution in [0.4, 0.5) is 0 Å². The van der Waals surface area contributed by atoms with Gasteiger partial charge in [-0.2, -0.15) is 0 Å². The van der Waals surface area contributed by atoms with Crippen molar-refractivity contribution < 1.29 is 24.0 Å². The van der Waals surface area contributed by atoms with E-state index >= 15 is 0 Å². The standard InChI is InChI=1S/C17H10N2O5/c20-14-13-9(8-18-14)4-3-7-12(13)17(23)24-19-15(21)10-5-1-2-6-11(10)16(19)22/h1-7H,8H2,(H,18,20). The molecule has 0 saturated carbocycles. The van der Waals surface area contributed by atoms with Crippen LogP contribution in [0.1, 0.15) is 47.0 Å². The van der Waals surface area contributed by atoms with Gasteiger partial charge in [-0.05, 0) is 23.8 Å². The number of carbonyl (C=O) groups excluding carboxylic acids is 4. The van der Waals surface area contributed by atoms with Gasteiger partial charge >= 0.3 is 5.97 Å². The molecule has 2 heterocycles. The summed E-state index contributed by atoms with van der Waals surface area (Å²) in [5.74, 6) is -2.74. The Morgan fingerprint density at radius 2 is 1.62 bits per heavy atom. The van der Waals surface area contributed by atoms with Crippen LogP contribution in [0.3, 0.4) is 0 Å². The van der Waals surface area contributed by atoms with E-state index in [-0.39, 0.29) is 28.2 Å². The van der Waals surface area contributed by atoms with Gasteiger partial charge < -0.3 is 10.2 Å². The topological polar surface area (TPSA) is 92.8 Å². The number of nitrogens with zero attached hydrogens (tertiary/aromatic N) is 1. The molecule has 0 spiro atoms. The lowest BCUT2D eigenvalue weighted by atomic mass is 10.0. The monoisotopic (exact) mass is 322 g/mol. The van der Waals surface area contributed by atoms with Crippen molar-refractivity contribution >= 4 is 23.7 Å². The third kappa shape index (κ3) is 1.91. The third-order valence-corrected chi connectivity index (χ3v) is 3.97. The van der Waals surface area contributed by atoms with Crippen molar-refractivity contribution in [1.29, 1.82) is 0 Å². The molecule has 0 radical (unpaired) electrons. The summed E-state index contributed by atoms with van der Waals surface area (Å²) in [6, 6.07) is 10.9. The number of amides is 3. The fraction of sp³-hybridized carbons (Fsp3) is 0.0588. The number of imide groups is 1. The van der Waals surface area contributed by atoms with Gasteiger partial charge in [0.1, 0.15) is 0 Å². The van der Waals surface area contributed by atoms with Gasteiger partial charge in [-0.1, -0.05) is 29.3 Å². The molecule has 0 unspecified atom stereocenters. The third-order valence-electron chi connectivity index (χ3n) is 3.97. The Morgan fingerprint density at radius 3 is 2.29 bits per heavy atom. The van der Waals surface area contributed by atoms with Gasteiger partial charge in [0.2, 0.25) is 0 Å². The van der Waals surface area contributed by atoms with E-state index in [2.05, 4.69) is 5.32 Å². The zero-order valence-electron chi connectivity index (χ0n) is 12.2. The Balaban J connectivity index is 1.65. The van der Waals surface area contributed by atoms with E-state index in [9.17, 15) is 19.2 Å². The SMILES string of the molecule is O=C(ON1C(=O)c2ccccc2C1=O)c1cccc2c1C(=O)NC2. The number of nitrogens with one attached hydrogen (secondary N) is 1. The van der Waals surface area contributed by atoms with Crippen molar-refractivity contribution in [3.8, 4) is 0 Å². The van der Waals surface area contributed by atoms with Crippen molar-refractivity contribution in [2.45, 2.75) is 6.54 Å². The zero-order valence-corrected chi connectivity index (χ0v) is 12.2. The van der Waals surface area contributed by atoms with Gasteiger partial charge in [-0.15, -0.1) is 0 Å². The molecule has 4 rings (SSSR count). The number of hydroxylamine groups is 2. The molecule has 0 fully saturated rings. The fourth-order valence-corrected chi connectivity index (χ4v) is 2.83. The summed E-state index contributed by atoms with van der Waals surface area (Å²) in [6.45, 7) is 0.322. The van der Waals surface area contributed by atoms with E-state index < -0.39 is 17.8 Å². The number of benzene rings is 2. The summed E-state index contributed by atoms with van der Waals surface area (Å²) in [5.41, 5.74) is 1.23. The predicted molar refractivity (Wildman–Crippen MR) is 80.0 cm³/mol. The molecule has 0 aliphatic carbocycles. The summed E-state index contributed by atoms with van der Waals surface area (Å²) in [7, 11) is 0. The van der Waals surface area contributed by atoms with Crippen LogP contribution in [0.2, 0.25) is 0 Å². The first-order valence-corrected chi connectivity index (χ1v) is 7.18. The molecule has 3 amide bonds. The average molecular weight is 322 g/mol. The van der Waals surface area contributed by atoms with Crippen molar-refractivity contribution in [1.82, 2.24) is 10.4 Å². The van der Waals surface area contributed by atoms with E-state index in [0.29, 0.717) is 17.2 Å². The van der Waals surface area contributed by atoms with Crippen LogP contribution < -0.4 is 5.32 Å². The molecule has 118 valence electrons. The van der Waals surface area contributed by atoms with Gasteiger partial charge in [0.05, 0.1) is 22.3 Å². The van der Waals surface area contributed by atoms with Crippen LogP contribution in [0.15, 0.2) is 42.5 Å². The fourth-order valence-electron chi connectivity index (χ4n) is 2.83. The lowest BCUT2D eigenvalue weighted by Crippen LogP contribution is -2.33. The molecular weight excluding hydrogens is 312 g/mol. The minimum absolute atomic E-state index is 0.0130. The van der Waals surface area contributed by atoms with Crippen molar-refractivity contribution in [2.75, 3.05) is 0 Å². The molecule has 7 nitrogen and oxygen atoms in total. The number of hydrogen-bond donors (Lipinski definition) is 1. The van der Waals surface area contributed by atoms with Gasteiger partial charge in [0, 0.05) is 6.54 Å². The number of fused-ring (bicyclic) bond motifs is 2. The van der Waals surface area contributed by atoms with Gasteiger partial charge in [-0.3, -0.25) is 14.4 Å². The molecule has 2 aliphatic heterocycles. The quantitative estimate of drug-likeness (QED) is 0.841. The van der Waals surface area contributed by atoms with Gasteiger partial charge in [-0.25, -0.2) is 4.79 Å². The minimum atomic E-state index is -0.932. The average Bonchev–Trinajstić information content (AvgIpc) is 3.09. The molecule has 0 bridgehead atoms. The normalized spacial score (nSPS) is 15.2. The first-order chi connectivity index (χ1) is 11.6. The van der Waals surface area contributed by atoms with E-state index in [0.717, 1.165) is 0 Å². The number of carbonyl (C=O) groups is 4. The summed E-state index contributed by atoms with van der Waals surface area (Å²) in [5, 5.41) is 3.04. The molecule has 2 aromatic carbocycles. The Labute approximate surface area is 135 Å². The lowest BCUT2D eigenvalue weighted by molar-refractivity contribution is -0.0584. The molecule has 0 aromatic heterocycles. The van der Waals surface area contributed by atoms with Gasteiger partial charge in [0.25, 0.3) is 17.7 Å². The summed E-state index contributed by atoms with van der Waals surface area (Å²) < 4.78 is 0. The highest BCUT2D eigenvalue weighted by atomic mass is 16.7. The summed E-state index contributed by atoms with van der Waals surface area (Å²) in [4.78, 5) is 53.7. The minimum Gasteiger partial charge on any atom is -0.348 e. The first-order valence-electron chi connectivity index (χ1n) is 7.18. The second-order valence-electron chi connectivity index (χ2n) is 5.35. The smallest absolute Gasteiger partial charge is 0.348 e. The van der Waals surface area contributed by atoms with Crippen LogP contribution >= 0.6 is 0 Å². The second-order valence-corrected chi connectivity index (χ2v) is 5.35. The Kier molecular flexibility index (Phi) is 2.96. The zero-order chi connectivity index (χ0) is 16.8. The molecule has 0 saturated heterocycles. The molecule has 0 atom stereocenters. The van der Waals surface area contributed by atoms with Crippen LogP contribution in [0.25, 0.3) is 0 Å². The van der Waals surface area contributed by atoms with E-state index in [4.69, 9.17) is 4.84 Å². The predicted octanol–water partition coefficient (Wildman–Crippen LogP) is 1.30. The van der Waals surface area contributed by atoms with E-state index in [1.165, 1.54) is 18.2 Å². The molecular formula is C17H10N2O5. The molecule has 1 N–H and O–H groups in total. The van der Waals surface area contributed by atoms with E-state index in [1.807, 2.05) is 0 Å². The maximum Gasteiger partial charge on any atom is 0.364 e. The van der Waals surface area contributed by atoms with Crippen LogP contribution in [0, 0.1) is 0 Å². The summed E-state index contributed by atoms with van der Waals surface area (Å²) >= 11 is 0. The Hall–Kier alpha value is -3.48. The van der Waals surface area contributed by atoms with Gasteiger partial charge in [0.15, 0.2) is 0 Å². The van der Waals surface area contributed by atoms with Crippen LogP contribution in [-0.4, -0.2) is 28.8 Å². The Bertz CT molecular complexity index is 899. The molecule has 2 aromatic rings. The van der Waals surface area contributed by atoms with Crippen molar-refractivity contribution in [3.63, 3.8) is 0 Å². The summed E-state index contributed by atoms with van der Waals surface area (Å²) in [6.07, 6.45) is 0. The molecule has 2 aliphatic rings. The number of hydrogen-bond acceptors (Lipinski definition) is 5. The highest BCUT2D eigenvalue weighted by molar-refractivity contribution is 6.21. The van der Waals surface area contributed by atoms with Crippen molar-refractivity contribution in [2.24, 2.45) is 0 Å². The van der Waals surface area contributed by atoms with Crippen molar-refractivity contribution in [3.05, 3.63) is 70.3 Å². The first kappa shape index (κ1) is 14.1. The molecule has 7 heteroatoms. The Morgan fingerprint density at radius 1 is 0.958 bits per heavy atom. The largest absolute Gasteiger partial charge is 0.364 e. The van der Waals surface area contributed by atoms with Crippen LogP contribution in [0.5, 0.6) is 0 Å². The van der Waals surface area contributed by atoms with Crippen LogP contribution in [-0.2, 0) is 11.4 Å².